The molecule has 1 fully saturated rings. The minimum Gasteiger partial charge on any atom is -0.324 e. The van der Waals surface area contributed by atoms with Crippen molar-refractivity contribution in [2.45, 2.75) is 22.6 Å². The molecular formula is C12H14N2O3S2. The summed E-state index contributed by atoms with van der Waals surface area (Å²) in [4.78, 5) is 12.5. The van der Waals surface area contributed by atoms with Crippen molar-refractivity contribution >= 4 is 33.4 Å². The number of nitrogens with zero attached hydrogens (tertiary/aromatic N) is 1. The van der Waals surface area contributed by atoms with Crippen LogP contribution in [0.2, 0.25) is 0 Å². The fourth-order valence-corrected chi connectivity index (χ4v) is 4.63. The molecule has 1 N–H and O–H groups in total. The molecule has 2 aliphatic rings. The summed E-state index contributed by atoms with van der Waals surface area (Å²) in [6, 6.07) is 4.95. The Bertz CT molecular complexity index is 622. The maximum atomic E-state index is 12.4. The van der Waals surface area contributed by atoms with Crippen molar-refractivity contribution in [2.75, 3.05) is 24.2 Å². The van der Waals surface area contributed by atoms with Crippen LogP contribution in [0.4, 0.5) is 5.69 Å². The van der Waals surface area contributed by atoms with Crippen molar-refractivity contribution in [3.05, 3.63) is 18.2 Å². The summed E-state index contributed by atoms with van der Waals surface area (Å²) in [5, 5.41) is 2.72. The highest BCUT2D eigenvalue weighted by Crippen LogP contribution is 2.34. The zero-order chi connectivity index (χ0) is 13.5. The van der Waals surface area contributed by atoms with Crippen molar-refractivity contribution in [1.82, 2.24) is 4.31 Å². The number of hydrogen-bond acceptors (Lipinski definition) is 4. The van der Waals surface area contributed by atoms with Crippen LogP contribution >= 0.6 is 11.8 Å². The maximum Gasteiger partial charge on any atom is 0.243 e. The highest BCUT2D eigenvalue weighted by atomic mass is 32.2. The highest BCUT2D eigenvalue weighted by Gasteiger charge is 2.28. The lowest BCUT2D eigenvalue weighted by Crippen LogP contribution is -2.28. The Hall–Kier alpha value is -1.05. The summed E-state index contributed by atoms with van der Waals surface area (Å²) in [6.07, 6.45) is 1.83. The molecule has 0 atom stereocenters. The molecule has 5 nitrogen and oxygen atoms in total. The van der Waals surface area contributed by atoms with Crippen LogP contribution in [-0.2, 0) is 14.8 Å². The van der Waals surface area contributed by atoms with Gasteiger partial charge in [0.25, 0.3) is 0 Å². The number of anilines is 1. The van der Waals surface area contributed by atoms with Gasteiger partial charge >= 0.3 is 0 Å². The molecule has 3 rings (SSSR count). The van der Waals surface area contributed by atoms with Crippen LogP contribution in [0.5, 0.6) is 0 Å². The van der Waals surface area contributed by atoms with Gasteiger partial charge in [0.2, 0.25) is 15.9 Å². The topological polar surface area (TPSA) is 66.5 Å². The Morgan fingerprint density at radius 3 is 2.68 bits per heavy atom. The summed E-state index contributed by atoms with van der Waals surface area (Å²) in [7, 11) is -3.42. The molecule has 1 saturated heterocycles. The fourth-order valence-electron chi connectivity index (χ4n) is 2.30. The molecule has 0 spiro atoms. The molecule has 0 aromatic heterocycles. The van der Waals surface area contributed by atoms with Gasteiger partial charge in [-0.1, -0.05) is 0 Å². The monoisotopic (exact) mass is 298 g/mol. The molecule has 0 bridgehead atoms. The minimum atomic E-state index is -3.42. The Balaban J connectivity index is 1.97. The van der Waals surface area contributed by atoms with Gasteiger partial charge in [-0.25, -0.2) is 8.42 Å². The molecule has 7 heteroatoms. The average Bonchev–Trinajstić information content (AvgIpc) is 2.92. The lowest BCUT2D eigenvalue weighted by Gasteiger charge is -2.19. The van der Waals surface area contributed by atoms with E-state index in [4.69, 9.17) is 0 Å². The Kier molecular flexibility index (Phi) is 3.28. The van der Waals surface area contributed by atoms with Gasteiger partial charge in [0.1, 0.15) is 0 Å². The second-order valence-corrected chi connectivity index (χ2v) is 7.56. The van der Waals surface area contributed by atoms with Gasteiger partial charge in [-0.3, -0.25) is 4.79 Å². The molecule has 19 heavy (non-hydrogen) atoms. The molecular weight excluding hydrogens is 284 g/mol. The van der Waals surface area contributed by atoms with Gasteiger partial charge in [0, 0.05) is 18.0 Å². The van der Waals surface area contributed by atoms with E-state index in [1.807, 2.05) is 0 Å². The number of sulfonamides is 1. The van der Waals surface area contributed by atoms with E-state index in [1.165, 1.54) is 16.1 Å². The quantitative estimate of drug-likeness (QED) is 0.899. The van der Waals surface area contributed by atoms with Gasteiger partial charge < -0.3 is 5.32 Å². The van der Waals surface area contributed by atoms with Gasteiger partial charge in [0.15, 0.2) is 0 Å². The Labute approximate surface area is 116 Å². The van der Waals surface area contributed by atoms with Crippen molar-refractivity contribution in [3.63, 3.8) is 0 Å². The van der Waals surface area contributed by atoms with Gasteiger partial charge in [-0.15, -0.1) is 11.8 Å². The molecule has 0 aliphatic carbocycles. The SMILES string of the molecule is O=C1CSc2ccc(S(=O)(=O)N3CCCC3)cc2N1. The van der Waals surface area contributed by atoms with Crippen LogP contribution in [0.1, 0.15) is 12.8 Å². The molecule has 1 aromatic carbocycles. The third-order valence-electron chi connectivity index (χ3n) is 3.29. The van der Waals surface area contributed by atoms with Crippen molar-refractivity contribution in [3.8, 4) is 0 Å². The van der Waals surface area contributed by atoms with Crippen LogP contribution < -0.4 is 5.32 Å². The molecule has 2 aliphatic heterocycles. The largest absolute Gasteiger partial charge is 0.324 e. The number of amides is 1. The molecule has 0 radical (unpaired) electrons. The van der Waals surface area contributed by atoms with E-state index < -0.39 is 10.0 Å². The molecule has 0 saturated carbocycles. The summed E-state index contributed by atoms with van der Waals surface area (Å²) in [6.45, 7) is 1.17. The van der Waals surface area contributed by atoms with Gasteiger partial charge in [0.05, 0.1) is 16.3 Å². The average molecular weight is 298 g/mol. The summed E-state index contributed by atoms with van der Waals surface area (Å²) >= 11 is 1.43. The van der Waals surface area contributed by atoms with Gasteiger partial charge in [-0.2, -0.15) is 4.31 Å². The van der Waals surface area contributed by atoms with Crippen LogP contribution in [0, 0.1) is 0 Å². The molecule has 1 aromatic rings. The number of thioether (sulfide) groups is 1. The van der Waals surface area contributed by atoms with E-state index in [-0.39, 0.29) is 10.8 Å². The summed E-state index contributed by atoms with van der Waals surface area (Å²) < 4.78 is 26.3. The second kappa shape index (κ2) is 4.81. The standard InChI is InChI=1S/C12H14N2O3S2/c15-12-8-18-11-4-3-9(7-10(11)13-12)19(16,17)14-5-1-2-6-14/h3-4,7H,1-2,5-6,8H2,(H,13,15). The number of nitrogens with one attached hydrogen (secondary N) is 1. The number of carbonyl (C=O) groups is 1. The lowest BCUT2D eigenvalue weighted by molar-refractivity contribution is -0.113. The van der Waals surface area contributed by atoms with E-state index in [2.05, 4.69) is 5.32 Å². The van der Waals surface area contributed by atoms with E-state index in [9.17, 15) is 13.2 Å². The van der Waals surface area contributed by atoms with Crippen molar-refractivity contribution in [1.29, 1.82) is 0 Å². The summed E-state index contributed by atoms with van der Waals surface area (Å²) in [5.41, 5.74) is 0.599. The first kappa shape index (κ1) is 13.0. The zero-order valence-corrected chi connectivity index (χ0v) is 11.9. The highest BCUT2D eigenvalue weighted by molar-refractivity contribution is 8.00. The predicted molar refractivity (Wildman–Crippen MR) is 73.8 cm³/mol. The van der Waals surface area contributed by atoms with Crippen LogP contribution in [0.15, 0.2) is 28.0 Å². The first-order valence-electron chi connectivity index (χ1n) is 6.14. The van der Waals surface area contributed by atoms with E-state index in [0.717, 1.165) is 17.7 Å². The predicted octanol–water partition coefficient (Wildman–Crippen LogP) is 1.52. The Morgan fingerprint density at radius 2 is 1.95 bits per heavy atom. The zero-order valence-electron chi connectivity index (χ0n) is 10.3. The molecule has 2 heterocycles. The van der Waals surface area contributed by atoms with Crippen LogP contribution in [-0.4, -0.2) is 37.5 Å². The number of rotatable bonds is 2. The van der Waals surface area contributed by atoms with Crippen molar-refractivity contribution in [2.24, 2.45) is 0 Å². The van der Waals surface area contributed by atoms with Crippen LogP contribution in [0.3, 0.4) is 0 Å². The number of hydrogen-bond donors (Lipinski definition) is 1. The Morgan fingerprint density at radius 1 is 1.21 bits per heavy atom. The third-order valence-corrected chi connectivity index (χ3v) is 6.25. The number of carbonyl (C=O) groups excluding carboxylic acids is 1. The first-order chi connectivity index (χ1) is 9.07. The van der Waals surface area contributed by atoms with E-state index in [1.54, 1.807) is 18.2 Å². The molecule has 1 amide bonds. The van der Waals surface area contributed by atoms with Crippen LogP contribution in [0.25, 0.3) is 0 Å². The van der Waals surface area contributed by atoms with E-state index in [0.29, 0.717) is 24.5 Å². The van der Waals surface area contributed by atoms with E-state index >= 15 is 0 Å². The third kappa shape index (κ3) is 2.37. The van der Waals surface area contributed by atoms with Gasteiger partial charge in [-0.05, 0) is 31.0 Å². The first-order valence-corrected chi connectivity index (χ1v) is 8.57. The normalized spacial score (nSPS) is 20.1. The number of fused-ring (bicyclic) bond motifs is 1. The number of benzene rings is 1. The fraction of sp³-hybridized carbons (Fsp3) is 0.417. The minimum absolute atomic E-state index is 0.0896. The molecule has 0 unspecified atom stereocenters. The summed E-state index contributed by atoms with van der Waals surface area (Å²) in [5.74, 6) is 0.291. The maximum absolute atomic E-state index is 12.4. The van der Waals surface area contributed by atoms with Crippen molar-refractivity contribution < 1.29 is 13.2 Å². The smallest absolute Gasteiger partial charge is 0.243 e. The lowest BCUT2D eigenvalue weighted by atomic mass is 10.3. The molecule has 102 valence electrons. The second-order valence-electron chi connectivity index (χ2n) is 4.61.